The molecule has 1 aromatic carbocycles. The van der Waals surface area contributed by atoms with E-state index in [2.05, 4.69) is 10.3 Å². The summed E-state index contributed by atoms with van der Waals surface area (Å²) in [5.74, 6) is 0.775. The molecule has 1 unspecified atom stereocenters. The first-order valence-corrected chi connectivity index (χ1v) is 6.12. The van der Waals surface area contributed by atoms with Gasteiger partial charge in [-0.2, -0.15) is 0 Å². The van der Waals surface area contributed by atoms with E-state index < -0.39 is 4.92 Å². The largest absolute Gasteiger partial charge is 0.379 e. The van der Waals surface area contributed by atoms with Crippen molar-refractivity contribution < 1.29 is 9.66 Å². The molecule has 0 spiro atoms. The molecule has 1 atom stereocenters. The predicted octanol–water partition coefficient (Wildman–Crippen LogP) is 2.34. The number of nitro groups is 1. The number of anilines is 1. The van der Waals surface area contributed by atoms with Gasteiger partial charge >= 0.3 is 0 Å². The average Bonchev–Trinajstić information content (AvgIpc) is 2.91. The van der Waals surface area contributed by atoms with Crippen molar-refractivity contribution in [1.82, 2.24) is 4.98 Å². The third-order valence-corrected chi connectivity index (χ3v) is 3.17. The van der Waals surface area contributed by atoms with Crippen LogP contribution in [0.5, 0.6) is 0 Å². The first kappa shape index (κ1) is 11.9. The fourth-order valence-electron chi connectivity index (χ4n) is 2.16. The summed E-state index contributed by atoms with van der Waals surface area (Å²) in [5, 5.41) is 14.8. The van der Waals surface area contributed by atoms with Crippen LogP contribution in [0.25, 0.3) is 10.9 Å². The van der Waals surface area contributed by atoms with Gasteiger partial charge in [-0.25, -0.2) is 4.98 Å². The van der Waals surface area contributed by atoms with E-state index in [0.29, 0.717) is 12.6 Å². The predicted molar refractivity (Wildman–Crippen MR) is 71.2 cm³/mol. The van der Waals surface area contributed by atoms with Crippen LogP contribution in [0, 0.1) is 10.1 Å². The average molecular weight is 259 g/mol. The number of hydrogen-bond donors (Lipinski definition) is 1. The topological polar surface area (TPSA) is 77.3 Å². The summed E-state index contributed by atoms with van der Waals surface area (Å²) >= 11 is 0. The zero-order chi connectivity index (χ0) is 13.2. The molecule has 6 nitrogen and oxygen atoms in total. The fraction of sp³-hybridized carbons (Fsp3) is 0.308. The van der Waals surface area contributed by atoms with Crippen molar-refractivity contribution in [1.29, 1.82) is 0 Å². The number of non-ortho nitro benzene ring substituents is 1. The first-order valence-electron chi connectivity index (χ1n) is 6.12. The SMILES string of the molecule is O=[N+]([O-])c1ccc2nc(NC3CCOC3)ccc2c1. The number of hydrogen-bond acceptors (Lipinski definition) is 5. The van der Waals surface area contributed by atoms with Crippen molar-refractivity contribution in [2.75, 3.05) is 18.5 Å². The number of nitro benzene ring substituents is 1. The van der Waals surface area contributed by atoms with Crippen LogP contribution >= 0.6 is 0 Å². The minimum absolute atomic E-state index is 0.0826. The Kier molecular flexibility index (Phi) is 3.00. The minimum Gasteiger partial charge on any atom is -0.379 e. The maximum atomic E-state index is 10.7. The first-order chi connectivity index (χ1) is 9.22. The number of nitrogens with one attached hydrogen (secondary N) is 1. The van der Waals surface area contributed by atoms with Gasteiger partial charge in [0.15, 0.2) is 0 Å². The van der Waals surface area contributed by atoms with E-state index >= 15 is 0 Å². The van der Waals surface area contributed by atoms with E-state index in [0.717, 1.165) is 29.7 Å². The molecule has 0 amide bonds. The van der Waals surface area contributed by atoms with Gasteiger partial charge < -0.3 is 10.1 Å². The third-order valence-electron chi connectivity index (χ3n) is 3.17. The van der Waals surface area contributed by atoms with Gasteiger partial charge in [-0.15, -0.1) is 0 Å². The molecule has 98 valence electrons. The van der Waals surface area contributed by atoms with Gasteiger partial charge in [-0.3, -0.25) is 10.1 Å². The van der Waals surface area contributed by atoms with E-state index in [9.17, 15) is 10.1 Å². The zero-order valence-electron chi connectivity index (χ0n) is 10.2. The Morgan fingerprint density at radius 1 is 1.37 bits per heavy atom. The number of pyridine rings is 1. The van der Waals surface area contributed by atoms with Gasteiger partial charge in [-0.1, -0.05) is 0 Å². The summed E-state index contributed by atoms with van der Waals surface area (Å²) < 4.78 is 5.29. The van der Waals surface area contributed by atoms with Crippen LogP contribution < -0.4 is 5.32 Å². The smallest absolute Gasteiger partial charge is 0.270 e. The lowest BCUT2D eigenvalue weighted by atomic mass is 10.2. The molecular formula is C13H13N3O3. The third kappa shape index (κ3) is 2.48. The molecule has 1 N–H and O–H groups in total. The Morgan fingerprint density at radius 2 is 2.26 bits per heavy atom. The molecule has 6 heteroatoms. The molecule has 1 aliphatic rings. The summed E-state index contributed by atoms with van der Waals surface area (Å²) in [6.07, 6.45) is 0.972. The van der Waals surface area contributed by atoms with Gasteiger partial charge in [-0.05, 0) is 24.6 Å². The van der Waals surface area contributed by atoms with Crippen molar-refractivity contribution in [2.45, 2.75) is 12.5 Å². The maximum absolute atomic E-state index is 10.7. The van der Waals surface area contributed by atoms with Crippen molar-refractivity contribution in [3.8, 4) is 0 Å². The molecule has 1 aromatic heterocycles. The number of nitrogens with zero attached hydrogens (tertiary/aromatic N) is 2. The highest BCUT2D eigenvalue weighted by Gasteiger charge is 2.15. The van der Waals surface area contributed by atoms with Crippen LogP contribution in [0.4, 0.5) is 11.5 Å². The summed E-state index contributed by atoms with van der Waals surface area (Å²) in [4.78, 5) is 14.7. The van der Waals surface area contributed by atoms with Gasteiger partial charge in [0.2, 0.25) is 0 Å². The number of fused-ring (bicyclic) bond motifs is 1. The molecule has 1 fully saturated rings. The number of ether oxygens (including phenoxy) is 1. The molecular weight excluding hydrogens is 246 g/mol. The number of benzene rings is 1. The van der Waals surface area contributed by atoms with Crippen LogP contribution in [0.2, 0.25) is 0 Å². The summed E-state index contributed by atoms with van der Waals surface area (Å²) in [6, 6.07) is 8.65. The summed E-state index contributed by atoms with van der Waals surface area (Å²) in [6.45, 7) is 1.47. The fourth-order valence-corrected chi connectivity index (χ4v) is 2.16. The normalized spacial score (nSPS) is 18.6. The van der Waals surface area contributed by atoms with E-state index in [1.807, 2.05) is 12.1 Å². The Hall–Kier alpha value is -2.21. The molecule has 0 bridgehead atoms. The molecule has 0 saturated carbocycles. The van der Waals surface area contributed by atoms with Crippen molar-refractivity contribution in [3.63, 3.8) is 0 Å². The molecule has 19 heavy (non-hydrogen) atoms. The molecule has 2 heterocycles. The van der Waals surface area contributed by atoms with E-state index in [1.165, 1.54) is 12.1 Å². The molecule has 0 aliphatic carbocycles. The van der Waals surface area contributed by atoms with Gasteiger partial charge in [0.1, 0.15) is 5.82 Å². The molecule has 0 radical (unpaired) electrons. The van der Waals surface area contributed by atoms with E-state index in [4.69, 9.17) is 4.74 Å². The van der Waals surface area contributed by atoms with Crippen LogP contribution in [-0.4, -0.2) is 29.2 Å². The van der Waals surface area contributed by atoms with E-state index in [1.54, 1.807) is 6.07 Å². The van der Waals surface area contributed by atoms with Crippen LogP contribution in [0.3, 0.4) is 0 Å². The van der Waals surface area contributed by atoms with Crippen molar-refractivity contribution >= 4 is 22.4 Å². The highest BCUT2D eigenvalue weighted by atomic mass is 16.6. The lowest BCUT2D eigenvalue weighted by Crippen LogP contribution is -2.19. The number of rotatable bonds is 3. The molecule has 3 rings (SSSR count). The Bertz CT molecular complexity index is 624. The number of aromatic nitrogens is 1. The lowest BCUT2D eigenvalue weighted by molar-refractivity contribution is -0.384. The Labute approximate surface area is 109 Å². The second kappa shape index (κ2) is 4.81. The quantitative estimate of drug-likeness (QED) is 0.676. The van der Waals surface area contributed by atoms with Gasteiger partial charge in [0, 0.05) is 24.1 Å². The summed E-state index contributed by atoms with van der Waals surface area (Å²) in [5.41, 5.74) is 0.828. The molecule has 1 aliphatic heterocycles. The standard InChI is InChI=1S/C13H13N3O3/c17-16(18)11-2-3-12-9(7-11)1-4-13(15-12)14-10-5-6-19-8-10/h1-4,7,10H,5-6,8H2,(H,14,15). The molecule has 2 aromatic rings. The van der Waals surface area contributed by atoms with Crippen LogP contribution in [0.1, 0.15) is 6.42 Å². The highest BCUT2D eigenvalue weighted by molar-refractivity contribution is 5.82. The lowest BCUT2D eigenvalue weighted by Gasteiger charge is -2.11. The maximum Gasteiger partial charge on any atom is 0.270 e. The minimum atomic E-state index is -0.401. The van der Waals surface area contributed by atoms with E-state index in [-0.39, 0.29) is 5.69 Å². The van der Waals surface area contributed by atoms with Crippen LogP contribution in [-0.2, 0) is 4.74 Å². The Morgan fingerprint density at radius 3 is 3.00 bits per heavy atom. The molecule has 1 saturated heterocycles. The van der Waals surface area contributed by atoms with Gasteiger partial charge in [0.25, 0.3) is 5.69 Å². The van der Waals surface area contributed by atoms with Crippen molar-refractivity contribution in [3.05, 3.63) is 40.4 Å². The zero-order valence-corrected chi connectivity index (χ0v) is 10.2. The van der Waals surface area contributed by atoms with Gasteiger partial charge in [0.05, 0.1) is 23.1 Å². The summed E-state index contributed by atoms with van der Waals surface area (Å²) in [7, 11) is 0. The van der Waals surface area contributed by atoms with Crippen molar-refractivity contribution in [2.24, 2.45) is 0 Å². The Balaban J connectivity index is 1.88. The monoisotopic (exact) mass is 259 g/mol. The second-order valence-corrected chi connectivity index (χ2v) is 4.54. The second-order valence-electron chi connectivity index (χ2n) is 4.54. The highest BCUT2D eigenvalue weighted by Crippen LogP contribution is 2.21. The van der Waals surface area contributed by atoms with Crippen LogP contribution in [0.15, 0.2) is 30.3 Å².